The average molecular weight is 719 g/mol. The van der Waals surface area contributed by atoms with Crippen LogP contribution < -0.4 is 20.7 Å². The smallest absolute Gasteiger partial charge is 0.408 e. The number of carbonyl (C=O) groups is 4. The standard InChI is InChI=1S/C38H46N4O8S/c1-37(2,3)50-36(46)40-29-16-8-6-4-5-7-15-27-23-38(27,35(45)42-51(47,48)28-18-19-28)41-34(44)30(39-33(29)43)21-24-12-11-14-25(20-24)32-22-26-13-9-10-17-31(26)49-32/h7,9-15,17,20,22,27-30H,4-6,8,16,18-19,21,23H2,1-3H3,(H,39,43)(H,40,46)(H,41,44)(H,42,45)/b15-7-/t27-,29+,30+,38-/m1/s1. The Bertz CT molecular complexity index is 1910. The summed E-state index contributed by atoms with van der Waals surface area (Å²) in [5, 5.41) is 8.69. The van der Waals surface area contributed by atoms with Crippen LogP contribution in [-0.2, 0) is 35.6 Å². The Morgan fingerprint density at radius 2 is 1.76 bits per heavy atom. The van der Waals surface area contributed by atoms with E-state index in [9.17, 15) is 27.6 Å². The van der Waals surface area contributed by atoms with Gasteiger partial charge < -0.3 is 25.1 Å². The summed E-state index contributed by atoms with van der Waals surface area (Å²) in [6.45, 7) is 5.18. The number of carbonyl (C=O) groups excluding carboxylic acids is 4. The van der Waals surface area contributed by atoms with Crippen LogP contribution in [-0.4, -0.2) is 60.7 Å². The van der Waals surface area contributed by atoms with E-state index in [4.69, 9.17) is 9.15 Å². The van der Waals surface area contributed by atoms with Crippen molar-refractivity contribution in [3.63, 3.8) is 0 Å². The molecular formula is C38H46N4O8S. The number of furan rings is 1. The Labute approximate surface area is 298 Å². The van der Waals surface area contributed by atoms with Gasteiger partial charge in [-0.3, -0.25) is 19.1 Å². The van der Waals surface area contributed by atoms with Gasteiger partial charge >= 0.3 is 6.09 Å². The van der Waals surface area contributed by atoms with Crippen molar-refractivity contribution in [2.75, 3.05) is 0 Å². The summed E-state index contributed by atoms with van der Waals surface area (Å²) >= 11 is 0. The molecule has 0 radical (unpaired) electrons. The lowest BCUT2D eigenvalue weighted by Gasteiger charge is -2.27. The van der Waals surface area contributed by atoms with E-state index in [2.05, 4.69) is 20.7 Å². The minimum atomic E-state index is -3.88. The highest BCUT2D eigenvalue weighted by Crippen LogP contribution is 2.46. The molecule has 2 aliphatic carbocycles. The van der Waals surface area contributed by atoms with Gasteiger partial charge in [0.1, 0.15) is 34.6 Å². The minimum absolute atomic E-state index is 0.0311. The molecule has 1 aromatic heterocycles. The molecule has 51 heavy (non-hydrogen) atoms. The van der Waals surface area contributed by atoms with Gasteiger partial charge in [-0.1, -0.05) is 61.4 Å². The Morgan fingerprint density at radius 3 is 2.51 bits per heavy atom. The number of para-hydroxylation sites is 1. The van der Waals surface area contributed by atoms with Gasteiger partial charge in [0.15, 0.2) is 0 Å². The molecule has 3 aromatic rings. The van der Waals surface area contributed by atoms with Crippen LogP contribution in [0.2, 0.25) is 0 Å². The van der Waals surface area contributed by atoms with Gasteiger partial charge in [0.2, 0.25) is 21.8 Å². The second-order valence-electron chi connectivity index (χ2n) is 14.8. The topological polar surface area (TPSA) is 173 Å². The molecule has 0 spiro atoms. The molecule has 0 saturated heterocycles. The molecule has 4 amide bonds. The van der Waals surface area contributed by atoms with Crippen molar-refractivity contribution in [1.82, 2.24) is 20.7 Å². The Morgan fingerprint density at radius 1 is 0.980 bits per heavy atom. The number of hydrogen-bond donors (Lipinski definition) is 4. The summed E-state index contributed by atoms with van der Waals surface area (Å²) in [6, 6.07) is 14.8. The fourth-order valence-electron chi connectivity index (χ4n) is 6.43. The molecule has 2 aromatic carbocycles. The molecule has 6 rings (SSSR count). The molecule has 4 atom stereocenters. The summed E-state index contributed by atoms with van der Waals surface area (Å²) in [5.41, 5.74) is -0.0862. The minimum Gasteiger partial charge on any atom is -0.456 e. The highest BCUT2D eigenvalue weighted by Gasteiger charge is 2.61. The van der Waals surface area contributed by atoms with E-state index in [1.54, 1.807) is 20.8 Å². The fourth-order valence-corrected chi connectivity index (χ4v) is 7.79. The lowest BCUT2D eigenvalue weighted by Crippen LogP contribution is -2.59. The van der Waals surface area contributed by atoms with Gasteiger partial charge in [0, 0.05) is 23.3 Å². The molecule has 272 valence electrons. The van der Waals surface area contributed by atoms with Crippen molar-refractivity contribution in [2.45, 2.75) is 107 Å². The summed E-state index contributed by atoms with van der Waals surface area (Å²) in [4.78, 5) is 54.6. The van der Waals surface area contributed by atoms with E-state index in [0.717, 1.165) is 29.4 Å². The second-order valence-corrected chi connectivity index (χ2v) is 16.8. The number of nitrogens with one attached hydrogen (secondary N) is 4. The van der Waals surface area contributed by atoms with Gasteiger partial charge in [-0.2, -0.15) is 0 Å². The monoisotopic (exact) mass is 718 g/mol. The summed E-state index contributed by atoms with van der Waals surface area (Å²) in [7, 11) is -3.88. The van der Waals surface area contributed by atoms with E-state index >= 15 is 0 Å². The number of rotatable bonds is 7. The Balaban J connectivity index is 1.30. The molecule has 12 nitrogen and oxygen atoms in total. The number of amides is 4. The highest BCUT2D eigenvalue weighted by atomic mass is 32.2. The largest absolute Gasteiger partial charge is 0.456 e. The number of fused-ring (bicyclic) bond motifs is 2. The number of hydrogen-bond acceptors (Lipinski definition) is 8. The zero-order valence-corrected chi connectivity index (χ0v) is 30.0. The first kappa shape index (κ1) is 36.2. The first-order valence-electron chi connectivity index (χ1n) is 17.6. The van der Waals surface area contributed by atoms with E-state index < -0.39 is 68.2 Å². The normalized spacial score (nSPS) is 25.3. The predicted molar refractivity (Wildman–Crippen MR) is 192 cm³/mol. The van der Waals surface area contributed by atoms with Crippen LogP contribution in [0.3, 0.4) is 0 Å². The van der Waals surface area contributed by atoms with Gasteiger partial charge in [-0.05, 0) is 83.1 Å². The van der Waals surface area contributed by atoms with E-state index in [-0.39, 0.29) is 12.8 Å². The van der Waals surface area contributed by atoms with Crippen molar-refractivity contribution >= 4 is 44.8 Å². The molecular weight excluding hydrogens is 673 g/mol. The second kappa shape index (κ2) is 14.5. The molecule has 3 aliphatic rings. The third-order valence-corrected chi connectivity index (χ3v) is 11.2. The van der Waals surface area contributed by atoms with Crippen LogP contribution in [0.4, 0.5) is 4.79 Å². The molecule has 2 saturated carbocycles. The van der Waals surface area contributed by atoms with Crippen molar-refractivity contribution in [1.29, 1.82) is 0 Å². The predicted octanol–water partition coefficient (Wildman–Crippen LogP) is 5.02. The van der Waals surface area contributed by atoms with Crippen LogP contribution >= 0.6 is 0 Å². The maximum absolute atomic E-state index is 14.2. The molecule has 0 unspecified atom stereocenters. The van der Waals surface area contributed by atoms with E-state index in [0.29, 0.717) is 43.4 Å². The number of allylic oxidation sites excluding steroid dienone is 1. The maximum Gasteiger partial charge on any atom is 0.408 e. The van der Waals surface area contributed by atoms with Crippen LogP contribution in [0.5, 0.6) is 0 Å². The molecule has 13 heteroatoms. The first-order chi connectivity index (χ1) is 24.2. The van der Waals surface area contributed by atoms with Crippen LogP contribution in [0.25, 0.3) is 22.3 Å². The van der Waals surface area contributed by atoms with Gasteiger partial charge in [0.05, 0.1) is 5.25 Å². The molecule has 2 heterocycles. The summed E-state index contributed by atoms with van der Waals surface area (Å²) in [5.74, 6) is -1.81. The van der Waals surface area contributed by atoms with Gasteiger partial charge in [0.25, 0.3) is 5.91 Å². The molecule has 0 bridgehead atoms. The molecule has 4 N–H and O–H groups in total. The van der Waals surface area contributed by atoms with Crippen LogP contribution in [0.15, 0.2) is 71.2 Å². The quantitative estimate of drug-likeness (QED) is 0.247. The summed E-state index contributed by atoms with van der Waals surface area (Å²) in [6.07, 6.45) is 7.48. The molecule has 1 aliphatic heterocycles. The lowest BCUT2D eigenvalue weighted by atomic mass is 10.00. The van der Waals surface area contributed by atoms with Crippen molar-refractivity contribution < 1.29 is 36.7 Å². The van der Waals surface area contributed by atoms with Gasteiger partial charge in [-0.15, -0.1) is 0 Å². The van der Waals surface area contributed by atoms with Crippen LogP contribution in [0, 0.1) is 5.92 Å². The zero-order valence-electron chi connectivity index (χ0n) is 29.2. The van der Waals surface area contributed by atoms with Crippen molar-refractivity contribution in [3.8, 4) is 11.3 Å². The third kappa shape index (κ3) is 8.99. The third-order valence-electron chi connectivity index (χ3n) is 9.41. The van der Waals surface area contributed by atoms with E-state index in [1.165, 1.54) is 0 Å². The van der Waals surface area contributed by atoms with E-state index in [1.807, 2.05) is 66.7 Å². The zero-order chi connectivity index (χ0) is 36.4. The fraction of sp³-hybridized carbons (Fsp3) is 0.474. The van der Waals surface area contributed by atoms with Crippen LogP contribution in [0.1, 0.15) is 77.7 Å². The lowest BCUT2D eigenvalue weighted by molar-refractivity contribution is -0.133. The first-order valence-corrected chi connectivity index (χ1v) is 19.2. The molecule has 2 fully saturated rings. The number of alkyl carbamates (subject to hydrolysis) is 1. The summed E-state index contributed by atoms with van der Waals surface area (Å²) < 4.78 is 39.3. The van der Waals surface area contributed by atoms with Gasteiger partial charge in [-0.25, -0.2) is 13.2 Å². The number of sulfonamides is 1. The SMILES string of the molecule is CC(C)(C)OC(=O)N[C@H]1CCCCC/C=C\[C@@H]2C[C@@]2(C(=O)NS(=O)(=O)C2CC2)NC(=O)[C@H](Cc2cccc(-c3cc4ccccc4o3)c2)NC1=O. The highest BCUT2D eigenvalue weighted by molar-refractivity contribution is 7.91. The van der Waals surface area contributed by atoms with Crippen molar-refractivity contribution in [2.24, 2.45) is 5.92 Å². The number of benzene rings is 2. The maximum atomic E-state index is 14.2. The Hall–Kier alpha value is -4.65. The van der Waals surface area contributed by atoms with Crippen molar-refractivity contribution in [3.05, 3.63) is 72.3 Å². The average Bonchev–Trinajstić information content (AvgIpc) is 3.98. The Kier molecular flexibility index (Phi) is 10.3. The number of ether oxygens (including phenoxy) is 1.